The molecule has 2 rings (SSSR count). The first kappa shape index (κ1) is 19.9. The van der Waals surface area contributed by atoms with Crippen LogP contribution in [0.2, 0.25) is 5.02 Å². The quantitative estimate of drug-likeness (QED) is 0.698. The second-order valence-electron chi connectivity index (χ2n) is 6.04. The summed E-state index contributed by atoms with van der Waals surface area (Å²) in [6.45, 7) is 5.07. The number of anilines is 2. The number of nitrogens with one attached hydrogen (secondary N) is 3. The molecule has 138 valence electrons. The van der Waals surface area contributed by atoms with Crippen LogP contribution in [0.3, 0.4) is 0 Å². The Morgan fingerprint density at radius 1 is 1.12 bits per heavy atom. The highest BCUT2D eigenvalue weighted by Crippen LogP contribution is 2.26. The molecule has 1 heterocycles. The number of benzene rings is 1. The third-order valence-corrected chi connectivity index (χ3v) is 4.72. The highest BCUT2D eigenvalue weighted by molar-refractivity contribution is 7.12. The van der Waals surface area contributed by atoms with E-state index in [0.717, 1.165) is 0 Å². The van der Waals surface area contributed by atoms with Gasteiger partial charge in [0.15, 0.2) is 0 Å². The summed E-state index contributed by atoms with van der Waals surface area (Å²) >= 11 is 7.34. The monoisotopic (exact) mass is 393 g/mol. The Labute approximate surface area is 160 Å². The van der Waals surface area contributed by atoms with Crippen LogP contribution in [0, 0.1) is 5.92 Å². The molecule has 0 saturated heterocycles. The van der Waals surface area contributed by atoms with Crippen molar-refractivity contribution in [2.45, 2.75) is 26.8 Å². The smallest absolute Gasteiger partial charge is 0.262 e. The van der Waals surface area contributed by atoms with Crippen LogP contribution in [0.15, 0.2) is 35.7 Å². The molecule has 3 amide bonds. The molecule has 1 aromatic heterocycles. The SMILES string of the molecule is CC(=O)Nc1cc(NC(=O)C(NC(=O)c2cccs2)C(C)C)ccc1Cl. The van der Waals surface area contributed by atoms with Gasteiger partial charge in [-0.15, -0.1) is 11.3 Å². The Morgan fingerprint density at radius 2 is 1.85 bits per heavy atom. The molecule has 1 aromatic carbocycles. The van der Waals surface area contributed by atoms with Crippen LogP contribution in [0.1, 0.15) is 30.4 Å². The molecule has 3 N–H and O–H groups in total. The number of halogens is 1. The molecule has 0 saturated carbocycles. The van der Waals surface area contributed by atoms with E-state index in [-0.39, 0.29) is 23.6 Å². The maximum absolute atomic E-state index is 12.6. The number of hydrogen-bond donors (Lipinski definition) is 3. The topological polar surface area (TPSA) is 87.3 Å². The van der Waals surface area contributed by atoms with E-state index in [0.29, 0.717) is 21.3 Å². The minimum Gasteiger partial charge on any atom is -0.339 e. The molecule has 6 nitrogen and oxygen atoms in total. The van der Waals surface area contributed by atoms with Crippen LogP contribution in [-0.4, -0.2) is 23.8 Å². The molecular weight excluding hydrogens is 374 g/mol. The minimum absolute atomic E-state index is 0.110. The fourth-order valence-corrected chi connectivity index (χ4v) is 3.06. The maximum atomic E-state index is 12.6. The van der Waals surface area contributed by atoms with E-state index < -0.39 is 6.04 Å². The van der Waals surface area contributed by atoms with Crippen molar-refractivity contribution < 1.29 is 14.4 Å². The zero-order valence-electron chi connectivity index (χ0n) is 14.6. The second-order valence-corrected chi connectivity index (χ2v) is 7.39. The molecule has 1 unspecified atom stereocenters. The summed E-state index contributed by atoms with van der Waals surface area (Å²) in [7, 11) is 0. The molecular formula is C18H20ClN3O3S. The molecule has 0 fully saturated rings. The summed E-state index contributed by atoms with van der Waals surface area (Å²) in [6, 6.07) is 7.56. The molecule has 0 aliphatic rings. The highest BCUT2D eigenvalue weighted by Gasteiger charge is 2.25. The van der Waals surface area contributed by atoms with Crippen LogP contribution in [0.25, 0.3) is 0 Å². The van der Waals surface area contributed by atoms with Crippen LogP contribution in [-0.2, 0) is 9.59 Å². The summed E-state index contributed by atoms with van der Waals surface area (Å²) in [4.78, 5) is 36.7. The predicted octanol–water partition coefficient (Wildman–Crippen LogP) is 3.75. The van der Waals surface area contributed by atoms with Gasteiger partial charge in [0.2, 0.25) is 11.8 Å². The Hall–Kier alpha value is -2.38. The molecule has 0 aliphatic carbocycles. The fourth-order valence-electron chi connectivity index (χ4n) is 2.26. The normalized spacial score (nSPS) is 11.7. The van der Waals surface area contributed by atoms with E-state index in [1.54, 1.807) is 35.7 Å². The van der Waals surface area contributed by atoms with E-state index in [1.807, 2.05) is 13.8 Å². The molecule has 0 bridgehead atoms. The Bertz CT molecular complexity index is 806. The first-order chi connectivity index (χ1) is 12.3. The van der Waals surface area contributed by atoms with Crippen molar-refractivity contribution in [1.82, 2.24) is 5.32 Å². The Morgan fingerprint density at radius 3 is 2.42 bits per heavy atom. The Kier molecular flexibility index (Phi) is 6.76. The zero-order valence-corrected chi connectivity index (χ0v) is 16.2. The zero-order chi connectivity index (χ0) is 19.3. The van der Waals surface area contributed by atoms with Crippen molar-refractivity contribution in [3.63, 3.8) is 0 Å². The number of carbonyl (C=O) groups is 3. The molecule has 0 aliphatic heterocycles. The molecule has 1 atom stereocenters. The number of thiophene rings is 1. The Balaban J connectivity index is 2.12. The molecule has 0 radical (unpaired) electrons. The standard InChI is InChI=1S/C18H20ClN3O3S/c1-10(2)16(22-17(24)15-5-4-8-26-15)18(25)21-12-6-7-13(19)14(9-12)20-11(3)23/h4-10,16H,1-3H3,(H,20,23)(H,21,25)(H,22,24). The van der Waals surface area contributed by atoms with Gasteiger partial charge in [-0.25, -0.2) is 0 Å². The molecule has 8 heteroatoms. The predicted molar refractivity (Wildman–Crippen MR) is 105 cm³/mol. The highest BCUT2D eigenvalue weighted by atomic mass is 35.5. The van der Waals surface area contributed by atoms with E-state index in [9.17, 15) is 14.4 Å². The average Bonchev–Trinajstić information content (AvgIpc) is 3.09. The van der Waals surface area contributed by atoms with Crippen molar-refractivity contribution in [2.24, 2.45) is 5.92 Å². The van der Waals surface area contributed by atoms with Gasteiger partial charge in [-0.05, 0) is 35.6 Å². The third-order valence-electron chi connectivity index (χ3n) is 3.53. The minimum atomic E-state index is -0.704. The van der Waals surface area contributed by atoms with Gasteiger partial charge in [0, 0.05) is 12.6 Å². The van der Waals surface area contributed by atoms with E-state index in [2.05, 4.69) is 16.0 Å². The summed E-state index contributed by atoms with van der Waals surface area (Å²) in [5, 5.41) is 10.3. The van der Waals surface area contributed by atoms with Gasteiger partial charge in [0.1, 0.15) is 6.04 Å². The van der Waals surface area contributed by atoms with Gasteiger partial charge in [-0.1, -0.05) is 31.5 Å². The van der Waals surface area contributed by atoms with E-state index in [1.165, 1.54) is 18.3 Å². The maximum Gasteiger partial charge on any atom is 0.262 e. The average molecular weight is 394 g/mol. The molecule has 26 heavy (non-hydrogen) atoms. The lowest BCUT2D eigenvalue weighted by Gasteiger charge is -2.21. The van der Waals surface area contributed by atoms with Crippen LogP contribution >= 0.6 is 22.9 Å². The van der Waals surface area contributed by atoms with Crippen molar-refractivity contribution in [3.05, 3.63) is 45.6 Å². The van der Waals surface area contributed by atoms with Gasteiger partial charge in [0.05, 0.1) is 15.6 Å². The van der Waals surface area contributed by atoms with Crippen molar-refractivity contribution in [2.75, 3.05) is 10.6 Å². The van der Waals surface area contributed by atoms with Gasteiger partial charge < -0.3 is 16.0 Å². The number of rotatable bonds is 6. The number of amides is 3. The number of carbonyl (C=O) groups excluding carboxylic acids is 3. The summed E-state index contributed by atoms with van der Waals surface area (Å²) in [5.41, 5.74) is 0.875. The lowest BCUT2D eigenvalue weighted by molar-refractivity contribution is -0.119. The van der Waals surface area contributed by atoms with Crippen LogP contribution in [0.5, 0.6) is 0 Å². The summed E-state index contributed by atoms with van der Waals surface area (Å²) < 4.78 is 0. The third kappa shape index (κ3) is 5.31. The van der Waals surface area contributed by atoms with Gasteiger partial charge in [-0.2, -0.15) is 0 Å². The lowest BCUT2D eigenvalue weighted by Crippen LogP contribution is -2.46. The van der Waals surface area contributed by atoms with Crippen molar-refractivity contribution in [3.8, 4) is 0 Å². The summed E-state index contributed by atoms with van der Waals surface area (Å²) in [6.07, 6.45) is 0. The number of hydrogen-bond acceptors (Lipinski definition) is 4. The second kappa shape index (κ2) is 8.82. The van der Waals surface area contributed by atoms with Gasteiger partial charge in [-0.3, -0.25) is 14.4 Å². The van der Waals surface area contributed by atoms with Crippen molar-refractivity contribution >= 4 is 52.0 Å². The van der Waals surface area contributed by atoms with Gasteiger partial charge >= 0.3 is 0 Å². The first-order valence-electron chi connectivity index (χ1n) is 8.00. The molecule has 2 aromatic rings. The van der Waals surface area contributed by atoms with E-state index >= 15 is 0 Å². The van der Waals surface area contributed by atoms with Crippen LogP contribution < -0.4 is 16.0 Å². The van der Waals surface area contributed by atoms with Crippen LogP contribution in [0.4, 0.5) is 11.4 Å². The fraction of sp³-hybridized carbons (Fsp3) is 0.278. The van der Waals surface area contributed by atoms with Gasteiger partial charge in [0.25, 0.3) is 5.91 Å². The molecule has 0 spiro atoms. The largest absolute Gasteiger partial charge is 0.339 e. The lowest BCUT2D eigenvalue weighted by atomic mass is 10.0. The first-order valence-corrected chi connectivity index (χ1v) is 9.26. The summed E-state index contributed by atoms with van der Waals surface area (Å²) in [5.74, 6) is -1.01. The van der Waals surface area contributed by atoms with E-state index in [4.69, 9.17) is 11.6 Å². The van der Waals surface area contributed by atoms with Crippen molar-refractivity contribution in [1.29, 1.82) is 0 Å².